The molecule has 7 heteroatoms. The van der Waals surface area contributed by atoms with Crippen molar-refractivity contribution in [3.05, 3.63) is 23.8 Å². The van der Waals surface area contributed by atoms with Crippen molar-refractivity contribution < 1.29 is 29.3 Å². The molecule has 0 unspecified atom stereocenters. The van der Waals surface area contributed by atoms with Crippen molar-refractivity contribution in [2.24, 2.45) is 0 Å². The third-order valence-corrected chi connectivity index (χ3v) is 2.67. The van der Waals surface area contributed by atoms with E-state index in [2.05, 4.69) is 14.8 Å². The molecule has 0 fully saturated rings. The van der Waals surface area contributed by atoms with Gasteiger partial charge in [0.2, 0.25) is 0 Å². The minimum Gasteiger partial charge on any atom is -0.506 e. The molecular weight excluding hydrogens is 266 g/mol. The normalized spacial score (nSPS) is 13.2. The van der Waals surface area contributed by atoms with Crippen LogP contribution >= 0.6 is 0 Å². The van der Waals surface area contributed by atoms with Crippen LogP contribution in [0, 0.1) is 0 Å². The summed E-state index contributed by atoms with van der Waals surface area (Å²) in [6.07, 6.45) is -1.05. The maximum absolute atomic E-state index is 11.5. The molecule has 0 heterocycles. The first-order valence-electron chi connectivity index (χ1n) is 5.84. The minimum atomic E-state index is -1.07. The molecule has 1 rings (SSSR count). The Hall–Kier alpha value is -2.28. The molecule has 1 aromatic carbocycles. The van der Waals surface area contributed by atoms with E-state index in [4.69, 9.17) is 0 Å². The van der Waals surface area contributed by atoms with E-state index in [-0.39, 0.29) is 17.0 Å². The highest BCUT2D eigenvalue weighted by atomic mass is 16.5. The number of rotatable bonds is 5. The summed E-state index contributed by atoms with van der Waals surface area (Å²) in [5.41, 5.74) is 0.311. The Labute approximate surface area is 116 Å². The van der Waals surface area contributed by atoms with Gasteiger partial charge < -0.3 is 25.0 Å². The first-order chi connectivity index (χ1) is 9.40. The molecule has 0 spiro atoms. The fourth-order valence-corrected chi connectivity index (χ4v) is 1.57. The van der Waals surface area contributed by atoms with E-state index >= 15 is 0 Å². The van der Waals surface area contributed by atoms with Gasteiger partial charge in [0.05, 0.1) is 31.6 Å². The molecule has 7 nitrogen and oxygen atoms in total. The average Bonchev–Trinajstić information content (AvgIpc) is 2.44. The molecule has 0 aliphatic heterocycles. The number of aliphatic hydroxyl groups excluding tert-OH is 1. The number of aromatic hydroxyl groups is 1. The van der Waals surface area contributed by atoms with Crippen LogP contribution in [0.4, 0.5) is 5.69 Å². The second-order valence-corrected chi connectivity index (χ2v) is 4.11. The summed E-state index contributed by atoms with van der Waals surface area (Å²) < 4.78 is 9.11. The van der Waals surface area contributed by atoms with Crippen molar-refractivity contribution in [1.29, 1.82) is 0 Å². The Balaban J connectivity index is 3.05. The van der Waals surface area contributed by atoms with E-state index < -0.39 is 24.1 Å². The first-order valence-corrected chi connectivity index (χ1v) is 5.84. The standard InChI is InChI=1S/C13H17NO6/c1-7(15)11(13(18)20-3)14-9-6-8(12(17)19-2)4-5-10(9)16/h4-7,11,14-16H,1-3H3/t7-,11+/m1/s1. The Morgan fingerprint density at radius 2 is 1.90 bits per heavy atom. The summed E-state index contributed by atoms with van der Waals surface area (Å²) in [5.74, 6) is -1.45. The van der Waals surface area contributed by atoms with Gasteiger partial charge in [0.1, 0.15) is 5.75 Å². The van der Waals surface area contributed by atoms with Gasteiger partial charge >= 0.3 is 11.9 Å². The van der Waals surface area contributed by atoms with Crippen LogP contribution in [0.2, 0.25) is 0 Å². The Morgan fingerprint density at radius 1 is 1.25 bits per heavy atom. The number of methoxy groups -OCH3 is 2. The molecule has 1 aromatic rings. The SMILES string of the molecule is COC(=O)c1ccc(O)c(N[C@H](C(=O)OC)[C@@H](C)O)c1. The molecule has 0 saturated carbocycles. The van der Waals surface area contributed by atoms with Crippen molar-refractivity contribution in [3.8, 4) is 5.75 Å². The van der Waals surface area contributed by atoms with E-state index in [1.54, 1.807) is 0 Å². The number of carbonyl (C=O) groups excluding carboxylic acids is 2. The minimum absolute atomic E-state index is 0.115. The van der Waals surface area contributed by atoms with Gasteiger partial charge in [-0.05, 0) is 25.1 Å². The van der Waals surface area contributed by atoms with Crippen molar-refractivity contribution in [1.82, 2.24) is 0 Å². The number of hydrogen-bond donors (Lipinski definition) is 3. The lowest BCUT2D eigenvalue weighted by atomic mass is 10.1. The van der Waals surface area contributed by atoms with Crippen LogP contribution in [0.15, 0.2) is 18.2 Å². The summed E-state index contributed by atoms with van der Waals surface area (Å²) in [6.45, 7) is 1.40. The number of benzene rings is 1. The Bertz CT molecular complexity index is 500. The number of hydrogen-bond acceptors (Lipinski definition) is 7. The topological polar surface area (TPSA) is 105 Å². The number of ether oxygens (including phenoxy) is 2. The fourth-order valence-electron chi connectivity index (χ4n) is 1.57. The van der Waals surface area contributed by atoms with E-state index in [9.17, 15) is 19.8 Å². The van der Waals surface area contributed by atoms with Crippen molar-refractivity contribution >= 4 is 17.6 Å². The number of phenols is 1. The molecule has 0 bridgehead atoms. The predicted molar refractivity (Wildman–Crippen MR) is 70.6 cm³/mol. The zero-order valence-electron chi connectivity index (χ0n) is 11.4. The van der Waals surface area contributed by atoms with Gasteiger partial charge in [0.25, 0.3) is 0 Å². The number of anilines is 1. The molecule has 0 amide bonds. The Kier molecular flexibility index (Phi) is 5.33. The molecule has 0 aliphatic carbocycles. The molecule has 0 saturated heterocycles. The highest BCUT2D eigenvalue weighted by molar-refractivity contribution is 5.91. The van der Waals surface area contributed by atoms with Gasteiger partial charge in [0.15, 0.2) is 6.04 Å². The molecule has 2 atom stereocenters. The van der Waals surface area contributed by atoms with Gasteiger partial charge in [-0.2, -0.15) is 0 Å². The molecule has 110 valence electrons. The molecular formula is C13H17NO6. The number of carbonyl (C=O) groups is 2. The summed E-state index contributed by atoms with van der Waals surface area (Å²) >= 11 is 0. The van der Waals surface area contributed by atoms with Gasteiger partial charge in [0, 0.05) is 0 Å². The van der Waals surface area contributed by atoms with Crippen molar-refractivity contribution in [2.75, 3.05) is 19.5 Å². The van der Waals surface area contributed by atoms with Gasteiger partial charge in [-0.1, -0.05) is 0 Å². The van der Waals surface area contributed by atoms with Gasteiger partial charge in [-0.15, -0.1) is 0 Å². The van der Waals surface area contributed by atoms with Crippen molar-refractivity contribution in [2.45, 2.75) is 19.1 Å². The van der Waals surface area contributed by atoms with Crippen LogP contribution in [0.25, 0.3) is 0 Å². The van der Waals surface area contributed by atoms with Crippen molar-refractivity contribution in [3.63, 3.8) is 0 Å². The molecule has 0 aromatic heterocycles. The quantitative estimate of drug-likeness (QED) is 0.534. The lowest BCUT2D eigenvalue weighted by Crippen LogP contribution is -2.40. The molecule has 0 aliphatic rings. The van der Waals surface area contributed by atoms with Gasteiger partial charge in [-0.25, -0.2) is 9.59 Å². The number of phenolic OH excluding ortho intramolecular Hbond substituents is 1. The van der Waals surface area contributed by atoms with Crippen LogP contribution in [-0.4, -0.2) is 48.5 Å². The van der Waals surface area contributed by atoms with Crippen LogP contribution < -0.4 is 5.32 Å². The molecule has 20 heavy (non-hydrogen) atoms. The highest BCUT2D eigenvalue weighted by Gasteiger charge is 2.25. The predicted octanol–water partition coefficient (Wildman–Crippen LogP) is 0.513. The monoisotopic (exact) mass is 283 g/mol. The Morgan fingerprint density at radius 3 is 2.40 bits per heavy atom. The van der Waals surface area contributed by atoms with Gasteiger partial charge in [-0.3, -0.25) is 0 Å². The second-order valence-electron chi connectivity index (χ2n) is 4.11. The molecule has 3 N–H and O–H groups in total. The van der Waals surface area contributed by atoms with Crippen LogP contribution in [-0.2, 0) is 14.3 Å². The lowest BCUT2D eigenvalue weighted by molar-refractivity contribution is -0.143. The third-order valence-electron chi connectivity index (χ3n) is 2.67. The van der Waals surface area contributed by atoms with E-state index in [1.807, 2.05) is 0 Å². The summed E-state index contributed by atoms with van der Waals surface area (Å²) in [7, 11) is 2.42. The maximum Gasteiger partial charge on any atom is 0.337 e. The second kappa shape index (κ2) is 6.76. The maximum atomic E-state index is 11.5. The number of esters is 2. The highest BCUT2D eigenvalue weighted by Crippen LogP contribution is 2.26. The zero-order chi connectivity index (χ0) is 15.3. The summed E-state index contributed by atoms with van der Waals surface area (Å²) in [5, 5.41) is 21.9. The summed E-state index contributed by atoms with van der Waals surface area (Å²) in [6, 6.07) is 2.91. The van der Waals surface area contributed by atoms with E-state index in [0.29, 0.717) is 0 Å². The number of nitrogens with one attached hydrogen (secondary N) is 1. The lowest BCUT2D eigenvalue weighted by Gasteiger charge is -2.20. The van der Waals surface area contributed by atoms with E-state index in [1.165, 1.54) is 39.3 Å². The van der Waals surface area contributed by atoms with E-state index in [0.717, 1.165) is 0 Å². The molecule has 0 radical (unpaired) electrons. The average molecular weight is 283 g/mol. The smallest absolute Gasteiger partial charge is 0.337 e. The largest absolute Gasteiger partial charge is 0.506 e. The zero-order valence-corrected chi connectivity index (χ0v) is 11.4. The van der Waals surface area contributed by atoms with Crippen LogP contribution in [0.1, 0.15) is 17.3 Å². The number of aliphatic hydroxyl groups is 1. The third kappa shape index (κ3) is 3.61. The van der Waals surface area contributed by atoms with Crippen LogP contribution in [0.3, 0.4) is 0 Å². The fraction of sp³-hybridized carbons (Fsp3) is 0.385. The van der Waals surface area contributed by atoms with Crippen LogP contribution in [0.5, 0.6) is 5.75 Å². The summed E-state index contributed by atoms with van der Waals surface area (Å²) in [4.78, 5) is 22.9. The first kappa shape index (κ1) is 15.8.